The Labute approximate surface area is 151 Å². The van der Waals surface area contributed by atoms with E-state index >= 15 is 0 Å². The molecule has 2 fully saturated rings. The number of hydrogen-bond donors (Lipinski definition) is 1. The number of fused-ring (bicyclic) bond motifs is 1. The maximum absolute atomic E-state index is 11.3. The molecule has 1 saturated carbocycles. The SMILES string of the molecule is COc1ncccc1C1[C@H]2CCOCC12COc1cccc(O)c1C=O. The lowest BCUT2D eigenvalue weighted by atomic mass is 9.99. The molecule has 4 rings (SSSR count). The molecule has 1 aliphatic heterocycles. The summed E-state index contributed by atoms with van der Waals surface area (Å²) in [5, 5.41) is 9.84. The summed E-state index contributed by atoms with van der Waals surface area (Å²) in [6.07, 6.45) is 3.29. The van der Waals surface area contributed by atoms with Crippen LogP contribution in [0.3, 0.4) is 0 Å². The van der Waals surface area contributed by atoms with Gasteiger partial charge in [0.1, 0.15) is 11.5 Å². The van der Waals surface area contributed by atoms with Gasteiger partial charge in [-0.1, -0.05) is 12.1 Å². The van der Waals surface area contributed by atoms with Crippen molar-refractivity contribution in [2.75, 3.05) is 26.9 Å². The van der Waals surface area contributed by atoms with Crippen LogP contribution in [0.2, 0.25) is 0 Å². The molecule has 6 nitrogen and oxygen atoms in total. The van der Waals surface area contributed by atoms with Crippen LogP contribution in [0.5, 0.6) is 17.4 Å². The molecule has 1 aromatic carbocycles. The highest BCUT2D eigenvalue weighted by atomic mass is 16.5. The summed E-state index contributed by atoms with van der Waals surface area (Å²) in [5.74, 6) is 1.62. The number of phenols is 1. The topological polar surface area (TPSA) is 77.9 Å². The molecule has 6 heteroatoms. The Hall–Kier alpha value is -2.60. The Morgan fingerprint density at radius 3 is 3.08 bits per heavy atom. The number of carbonyl (C=O) groups is 1. The second-order valence-electron chi connectivity index (χ2n) is 6.86. The molecule has 2 heterocycles. The van der Waals surface area contributed by atoms with E-state index in [0.717, 1.165) is 18.6 Å². The molecule has 1 aromatic heterocycles. The van der Waals surface area contributed by atoms with Gasteiger partial charge in [0.25, 0.3) is 0 Å². The fourth-order valence-electron chi connectivity index (χ4n) is 4.27. The van der Waals surface area contributed by atoms with E-state index in [1.807, 2.05) is 12.1 Å². The Kier molecular flexibility index (Phi) is 4.28. The van der Waals surface area contributed by atoms with Crippen LogP contribution >= 0.6 is 0 Å². The van der Waals surface area contributed by atoms with Crippen LogP contribution in [0.1, 0.15) is 28.3 Å². The lowest BCUT2D eigenvalue weighted by Gasteiger charge is -2.23. The minimum Gasteiger partial charge on any atom is -0.507 e. The Morgan fingerprint density at radius 1 is 1.38 bits per heavy atom. The van der Waals surface area contributed by atoms with Crippen molar-refractivity contribution in [3.63, 3.8) is 0 Å². The number of benzene rings is 1. The van der Waals surface area contributed by atoms with Gasteiger partial charge in [-0.05, 0) is 30.5 Å². The molecule has 0 radical (unpaired) electrons. The highest BCUT2D eigenvalue weighted by Gasteiger charge is 2.67. The first-order chi connectivity index (χ1) is 12.7. The number of hydrogen-bond acceptors (Lipinski definition) is 6. The van der Waals surface area contributed by atoms with Crippen LogP contribution in [0.25, 0.3) is 0 Å². The summed E-state index contributed by atoms with van der Waals surface area (Å²) < 4.78 is 17.2. The van der Waals surface area contributed by atoms with E-state index in [0.29, 0.717) is 37.0 Å². The van der Waals surface area contributed by atoms with Gasteiger partial charge in [-0.3, -0.25) is 4.79 Å². The van der Waals surface area contributed by atoms with Crippen molar-refractivity contribution in [2.45, 2.75) is 12.3 Å². The second-order valence-corrected chi connectivity index (χ2v) is 6.86. The summed E-state index contributed by atoms with van der Waals surface area (Å²) in [5.41, 5.74) is 1.08. The third-order valence-electron chi connectivity index (χ3n) is 5.58. The van der Waals surface area contributed by atoms with E-state index in [4.69, 9.17) is 14.2 Å². The van der Waals surface area contributed by atoms with Crippen molar-refractivity contribution >= 4 is 6.29 Å². The molecule has 1 aliphatic carbocycles. The molecule has 26 heavy (non-hydrogen) atoms. The minimum atomic E-state index is -0.166. The summed E-state index contributed by atoms with van der Waals surface area (Å²) in [4.78, 5) is 15.6. The number of aromatic hydroxyl groups is 1. The van der Waals surface area contributed by atoms with Gasteiger partial charge >= 0.3 is 0 Å². The summed E-state index contributed by atoms with van der Waals surface area (Å²) in [6.45, 7) is 1.73. The van der Waals surface area contributed by atoms with Gasteiger partial charge in [0.05, 0.1) is 25.9 Å². The maximum Gasteiger partial charge on any atom is 0.216 e. The van der Waals surface area contributed by atoms with Crippen molar-refractivity contribution in [1.82, 2.24) is 4.98 Å². The molecular weight excluding hydrogens is 334 g/mol. The lowest BCUT2D eigenvalue weighted by molar-refractivity contribution is 0.0239. The van der Waals surface area contributed by atoms with E-state index in [-0.39, 0.29) is 22.6 Å². The van der Waals surface area contributed by atoms with Crippen LogP contribution in [-0.4, -0.2) is 43.3 Å². The largest absolute Gasteiger partial charge is 0.507 e. The van der Waals surface area contributed by atoms with Crippen molar-refractivity contribution in [3.05, 3.63) is 47.7 Å². The summed E-state index contributed by atoms with van der Waals surface area (Å²) in [7, 11) is 1.63. The van der Waals surface area contributed by atoms with Crippen LogP contribution in [0.4, 0.5) is 0 Å². The standard InChI is InChI=1S/C20H21NO5/c1-24-19-13(4-3-8-21-19)18-15-7-9-25-11-20(15,18)12-26-17-6-2-5-16(23)14(17)10-22/h2-6,8,10,15,18,23H,7,9,11-12H2,1H3/t15-,18?,20?/m1/s1. The molecule has 1 N–H and O–H groups in total. The number of rotatable bonds is 6. The number of aldehydes is 1. The zero-order valence-corrected chi connectivity index (χ0v) is 14.6. The molecule has 0 bridgehead atoms. The van der Waals surface area contributed by atoms with Crippen LogP contribution in [0, 0.1) is 11.3 Å². The average molecular weight is 355 g/mol. The molecule has 0 spiro atoms. The van der Waals surface area contributed by atoms with E-state index in [9.17, 15) is 9.90 Å². The van der Waals surface area contributed by atoms with Crippen LogP contribution in [-0.2, 0) is 4.74 Å². The smallest absolute Gasteiger partial charge is 0.216 e. The first-order valence-corrected chi connectivity index (χ1v) is 8.68. The van der Waals surface area contributed by atoms with Crippen molar-refractivity contribution in [1.29, 1.82) is 0 Å². The number of ether oxygens (including phenoxy) is 3. The Bertz CT molecular complexity index is 824. The normalized spacial score (nSPS) is 26.7. The molecule has 2 unspecified atom stereocenters. The molecule has 2 aromatic rings. The van der Waals surface area contributed by atoms with Gasteiger partial charge in [-0.15, -0.1) is 0 Å². The summed E-state index contributed by atoms with van der Waals surface area (Å²) >= 11 is 0. The molecule has 1 saturated heterocycles. The fraction of sp³-hybridized carbons (Fsp3) is 0.400. The number of phenolic OH excluding ortho intramolecular Hbond substituents is 1. The first-order valence-electron chi connectivity index (χ1n) is 8.68. The molecular formula is C20H21NO5. The monoisotopic (exact) mass is 355 g/mol. The lowest BCUT2D eigenvalue weighted by Crippen LogP contribution is -2.27. The third-order valence-corrected chi connectivity index (χ3v) is 5.58. The van der Waals surface area contributed by atoms with Gasteiger partial charge in [0, 0.05) is 29.7 Å². The van der Waals surface area contributed by atoms with E-state index in [2.05, 4.69) is 4.98 Å². The van der Waals surface area contributed by atoms with Crippen molar-refractivity contribution < 1.29 is 24.1 Å². The number of methoxy groups -OCH3 is 1. The van der Waals surface area contributed by atoms with E-state index < -0.39 is 0 Å². The third kappa shape index (κ3) is 2.61. The van der Waals surface area contributed by atoms with E-state index in [1.165, 1.54) is 6.07 Å². The van der Waals surface area contributed by atoms with Gasteiger partial charge < -0.3 is 19.3 Å². The number of nitrogens with zero attached hydrogens (tertiary/aromatic N) is 1. The van der Waals surface area contributed by atoms with Gasteiger partial charge in [0.15, 0.2) is 6.29 Å². The predicted octanol–water partition coefficient (Wildman–Crippen LogP) is 2.81. The Balaban J connectivity index is 1.60. The Morgan fingerprint density at radius 2 is 2.27 bits per heavy atom. The maximum atomic E-state index is 11.3. The molecule has 3 atom stereocenters. The quantitative estimate of drug-likeness (QED) is 0.803. The highest BCUT2D eigenvalue weighted by Crippen LogP contribution is 2.69. The molecule has 136 valence electrons. The minimum absolute atomic E-state index is 0.0762. The molecule has 2 aliphatic rings. The zero-order valence-electron chi connectivity index (χ0n) is 14.6. The molecule has 0 amide bonds. The van der Waals surface area contributed by atoms with E-state index in [1.54, 1.807) is 25.4 Å². The van der Waals surface area contributed by atoms with Crippen molar-refractivity contribution in [2.24, 2.45) is 11.3 Å². The number of carbonyl (C=O) groups excluding carboxylic acids is 1. The number of pyridine rings is 1. The predicted molar refractivity (Wildman–Crippen MR) is 93.9 cm³/mol. The van der Waals surface area contributed by atoms with Gasteiger partial charge in [-0.2, -0.15) is 0 Å². The van der Waals surface area contributed by atoms with Gasteiger partial charge in [-0.25, -0.2) is 4.98 Å². The zero-order chi connectivity index (χ0) is 18.1. The summed E-state index contributed by atoms with van der Waals surface area (Å²) in [6, 6.07) is 8.79. The van der Waals surface area contributed by atoms with Crippen LogP contribution in [0.15, 0.2) is 36.5 Å². The number of aromatic nitrogens is 1. The van der Waals surface area contributed by atoms with Crippen LogP contribution < -0.4 is 9.47 Å². The van der Waals surface area contributed by atoms with Crippen molar-refractivity contribution in [3.8, 4) is 17.4 Å². The second kappa shape index (κ2) is 6.61. The highest BCUT2D eigenvalue weighted by molar-refractivity contribution is 5.83. The first kappa shape index (κ1) is 16.8. The average Bonchev–Trinajstić information content (AvgIpc) is 3.35. The fourth-order valence-corrected chi connectivity index (χ4v) is 4.27. The van der Waals surface area contributed by atoms with Gasteiger partial charge in [0.2, 0.25) is 5.88 Å².